The van der Waals surface area contributed by atoms with Gasteiger partial charge in [-0.05, 0) is 73.6 Å². The Labute approximate surface area is 183 Å². The normalized spacial score (nSPS) is 14.2. The van der Waals surface area contributed by atoms with Crippen molar-refractivity contribution in [2.75, 3.05) is 5.32 Å². The summed E-state index contributed by atoms with van der Waals surface area (Å²) >= 11 is 5.86. The third-order valence-electron chi connectivity index (χ3n) is 6.08. The fourth-order valence-electron chi connectivity index (χ4n) is 4.39. The highest BCUT2D eigenvalue weighted by Crippen LogP contribution is 2.27. The number of aryl methyl sites for hydroxylation is 2. The molecule has 30 heavy (non-hydrogen) atoms. The number of para-hydroxylation sites is 1. The highest BCUT2D eigenvalue weighted by Gasteiger charge is 2.26. The number of anilines is 1. The second-order valence-electron chi connectivity index (χ2n) is 8.22. The molecule has 5 heteroatoms. The van der Waals surface area contributed by atoms with Crippen LogP contribution in [0, 0.1) is 6.92 Å². The van der Waals surface area contributed by atoms with Crippen LogP contribution in [0.15, 0.2) is 53.3 Å². The molecule has 0 spiro atoms. The average Bonchev–Trinajstić information content (AvgIpc) is 3.27. The van der Waals surface area contributed by atoms with Crippen LogP contribution in [0.2, 0.25) is 0 Å². The zero-order chi connectivity index (χ0) is 21.1. The maximum atomic E-state index is 12.8. The van der Waals surface area contributed by atoms with E-state index in [-0.39, 0.29) is 5.56 Å². The van der Waals surface area contributed by atoms with E-state index in [1.807, 2.05) is 24.3 Å². The number of H-pyrrole nitrogens is 1. The topological polar surface area (TPSA) is 48.1 Å². The fourth-order valence-corrected chi connectivity index (χ4v) is 4.72. The predicted molar refractivity (Wildman–Crippen MR) is 129 cm³/mol. The molecule has 1 heterocycles. The molecule has 1 aromatic heterocycles. The van der Waals surface area contributed by atoms with Crippen molar-refractivity contribution in [2.24, 2.45) is 0 Å². The van der Waals surface area contributed by atoms with Gasteiger partial charge in [0.1, 0.15) is 0 Å². The van der Waals surface area contributed by atoms with E-state index in [9.17, 15) is 4.79 Å². The SMILES string of the molecule is CCc1ccccc1NC(=S)N(Cc1cc2cc(C)ccc2[nH]c1=O)C1CCCC1. The van der Waals surface area contributed by atoms with Gasteiger partial charge in [0.15, 0.2) is 5.11 Å². The summed E-state index contributed by atoms with van der Waals surface area (Å²) in [4.78, 5) is 18.1. The minimum Gasteiger partial charge on any atom is -0.342 e. The molecule has 1 aliphatic carbocycles. The van der Waals surface area contributed by atoms with E-state index in [1.165, 1.54) is 24.0 Å². The Bertz CT molecular complexity index is 1110. The summed E-state index contributed by atoms with van der Waals surface area (Å²) in [5.41, 5.74) is 5.07. The number of aromatic amines is 1. The molecule has 0 bridgehead atoms. The van der Waals surface area contributed by atoms with Gasteiger partial charge in [-0.2, -0.15) is 0 Å². The van der Waals surface area contributed by atoms with Gasteiger partial charge in [0.25, 0.3) is 5.56 Å². The van der Waals surface area contributed by atoms with Crippen molar-refractivity contribution in [3.8, 4) is 0 Å². The molecule has 2 N–H and O–H groups in total. The first-order valence-corrected chi connectivity index (χ1v) is 11.2. The number of pyridine rings is 1. The first-order valence-electron chi connectivity index (χ1n) is 10.8. The summed E-state index contributed by atoms with van der Waals surface area (Å²) in [6.45, 7) is 4.73. The van der Waals surface area contributed by atoms with E-state index >= 15 is 0 Å². The quantitative estimate of drug-likeness (QED) is 0.533. The molecule has 0 radical (unpaired) electrons. The Kier molecular flexibility index (Phi) is 6.18. The molecule has 156 valence electrons. The van der Waals surface area contributed by atoms with Gasteiger partial charge in [-0.25, -0.2) is 0 Å². The van der Waals surface area contributed by atoms with E-state index in [0.29, 0.717) is 17.7 Å². The number of rotatable bonds is 5. The monoisotopic (exact) mass is 419 g/mol. The fraction of sp³-hybridized carbons (Fsp3) is 0.360. The van der Waals surface area contributed by atoms with Gasteiger partial charge in [0.05, 0.1) is 6.54 Å². The summed E-state index contributed by atoms with van der Waals surface area (Å²) in [6.07, 6.45) is 5.59. The van der Waals surface area contributed by atoms with Crippen molar-refractivity contribution < 1.29 is 0 Å². The van der Waals surface area contributed by atoms with Crippen LogP contribution < -0.4 is 10.9 Å². The molecule has 4 nitrogen and oxygen atoms in total. The van der Waals surface area contributed by atoms with Crippen molar-refractivity contribution >= 4 is 33.9 Å². The van der Waals surface area contributed by atoms with Gasteiger partial charge in [0, 0.05) is 22.8 Å². The van der Waals surface area contributed by atoms with Crippen molar-refractivity contribution in [3.05, 3.63) is 75.6 Å². The van der Waals surface area contributed by atoms with Crippen LogP contribution in [0.25, 0.3) is 10.9 Å². The Balaban J connectivity index is 1.64. The summed E-state index contributed by atoms with van der Waals surface area (Å²) < 4.78 is 0. The maximum Gasteiger partial charge on any atom is 0.253 e. The molecule has 0 aliphatic heterocycles. The largest absolute Gasteiger partial charge is 0.342 e. The van der Waals surface area contributed by atoms with Crippen LogP contribution in [0.4, 0.5) is 5.69 Å². The smallest absolute Gasteiger partial charge is 0.253 e. The first-order chi connectivity index (χ1) is 14.5. The van der Waals surface area contributed by atoms with Crippen molar-refractivity contribution in [1.29, 1.82) is 0 Å². The Morgan fingerprint density at radius 3 is 2.67 bits per heavy atom. The molecule has 1 saturated carbocycles. The minimum absolute atomic E-state index is 0.0360. The predicted octanol–water partition coefficient (Wildman–Crippen LogP) is 5.54. The molecule has 0 unspecified atom stereocenters. The van der Waals surface area contributed by atoms with Gasteiger partial charge in [-0.3, -0.25) is 4.79 Å². The van der Waals surface area contributed by atoms with Gasteiger partial charge in [-0.1, -0.05) is 49.6 Å². The van der Waals surface area contributed by atoms with Crippen LogP contribution >= 0.6 is 12.2 Å². The minimum atomic E-state index is -0.0360. The molecular formula is C25H29N3OS. The third kappa shape index (κ3) is 4.41. The number of nitrogens with one attached hydrogen (secondary N) is 2. The van der Waals surface area contributed by atoms with E-state index in [1.54, 1.807) is 0 Å². The lowest BCUT2D eigenvalue weighted by Crippen LogP contribution is -2.42. The molecule has 0 amide bonds. The number of nitrogens with zero attached hydrogens (tertiary/aromatic N) is 1. The second-order valence-corrected chi connectivity index (χ2v) is 8.61. The molecule has 2 aromatic carbocycles. The molecular weight excluding hydrogens is 390 g/mol. The lowest BCUT2D eigenvalue weighted by atomic mass is 10.1. The number of benzene rings is 2. The lowest BCUT2D eigenvalue weighted by molar-refractivity contribution is 0.311. The Morgan fingerprint density at radius 1 is 1.13 bits per heavy atom. The number of thiocarbonyl (C=S) groups is 1. The summed E-state index contributed by atoms with van der Waals surface area (Å²) in [5, 5.41) is 5.23. The zero-order valence-corrected chi connectivity index (χ0v) is 18.5. The maximum absolute atomic E-state index is 12.8. The zero-order valence-electron chi connectivity index (χ0n) is 17.7. The summed E-state index contributed by atoms with van der Waals surface area (Å²) in [6, 6.07) is 16.8. The first kappa shape index (κ1) is 20.6. The number of aromatic nitrogens is 1. The van der Waals surface area contributed by atoms with Gasteiger partial charge in [0.2, 0.25) is 0 Å². The van der Waals surface area contributed by atoms with Crippen LogP contribution in [-0.4, -0.2) is 21.0 Å². The van der Waals surface area contributed by atoms with Crippen LogP contribution in [-0.2, 0) is 13.0 Å². The number of hydrogen-bond acceptors (Lipinski definition) is 2. The average molecular weight is 420 g/mol. The van der Waals surface area contributed by atoms with Crippen molar-refractivity contribution in [3.63, 3.8) is 0 Å². The molecule has 0 atom stereocenters. The summed E-state index contributed by atoms with van der Waals surface area (Å²) in [5.74, 6) is 0. The highest BCUT2D eigenvalue weighted by molar-refractivity contribution is 7.80. The molecule has 3 aromatic rings. The van der Waals surface area contributed by atoms with Crippen LogP contribution in [0.3, 0.4) is 0 Å². The van der Waals surface area contributed by atoms with Gasteiger partial charge >= 0.3 is 0 Å². The Morgan fingerprint density at radius 2 is 1.90 bits per heavy atom. The lowest BCUT2D eigenvalue weighted by Gasteiger charge is -2.32. The van der Waals surface area contributed by atoms with E-state index in [4.69, 9.17) is 12.2 Å². The van der Waals surface area contributed by atoms with Crippen molar-refractivity contribution in [2.45, 2.75) is 58.5 Å². The molecule has 4 rings (SSSR count). The van der Waals surface area contributed by atoms with Crippen LogP contribution in [0.1, 0.15) is 49.3 Å². The molecule has 1 aliphatic rings. The second kappa shape index (κ2) is 9.00. The van der Waals surface area contributed by atoms with E-state index < -0.39 is 0 Å². The molecule has 0 saturated heterocycles. The molecule has 1 fully saturated rings. The summed E-state index contributed by atoms with van der Waals surface area (Å²) in [7, 11) is 0. The van der Waals surface area contributed by atoms with E-state index in [2.05, 4.69) is 53.3 Å². The highest BCUT2D eigenvalue weighted by atomic mass is 32.1. The van der Waals surface area contributed by atoms with Crippen LogP contribution in [0.5, 0.6) is 0 Å². The van der Waals surface area contributed by atoms with Crippen molar-refractivity contribution in [1.82, 2.24) is 9.88 Å². The standard InChI is InChI=1S/C25H29N3OS/c1-3-18-8-4-7-11-22(18)27-25(30)28(21-9-5-6-10-21)16-20-15-19-14-17(2)12-13-23(19)26-24(20)29/h4,7-8,11-15,21H,3,5-6,9-10,16H2,1-2H3,(H,26,29)(H,27,30). The number of fused-ring (bicyclic) bond motifs is 1. The Hall–Kier alpha value is -2.66. The van der Waals surface area contributed by atoms with E-state index in [0.717, 1.165) is 41.4 Å². The third-order valence-corrected chi connectivity index (χ3v) is 6.42. The van der Waals surface area contributed by atoms with Gasteiger partial charge in [-0.15, -0.1) is 0 Å². The van der Waals surface area contributed by atoms with Gasteiger partial charge < -0.3 is 15.2 Å². The number of hydrogen-bond donors (Lipinski definition) is 2.